The molecule has 8 nitrogen and oxygen atoms in total. The van der Waals surface area contributed by atoms with Gasteiger partial charge in [0, 0.05) is 13.3 Å². The Labute approximate surface area is 194 Å². The average Bonchev–Trinajstić information content (AvgIpc) is 2.75. The van der Waals surface area contributed by atoms with Crippen molar-refractivity contribution in [2.24, 2.45) is 11.3 Å². The van der Waals surface area contributed by atoms with E-state index in [9.17, 15) is 29.4 Å². The van der Waals surface area contributed by atoms with Crippen molar-refractivity contribution in [1.82, 2.24) is 5.32 Å². The molecule has 8 heteroatoms. The number of carbonyl (C=O) groups excluding carboxylic acids is 4. The van der Waals surface area contributed by atoms with Crippen molar-refractivity contribution in [3.63, 3.8) is 0 Å². The number of hydrogen-bond donors (Lipinski definition) is 3. The van der Waals surface area contributed by atoms with Gasteiger partial charge < -0.3 is 20.3 Å². The topological polar surface area (TPSA) is 130 Å². The van der Waals surface area contributed by atoms with Crippen LogP contribution in [0.3, 0.4) is 0 Å². The first-order valence-corrected chi connectivity index (χ1v) is 11.0. The van der Waals surface area contributed by atoms with Crippen LogP contribution in [-0.4, -0.2) is 58.0 Å². The monoisotopic (exact) mass is 459 g/mol. The molecule has 0 aromatic carbocycles. The van der Waals surface area contributed by atoms with Gasteiger partial charge in [0.15, 0.2) is 5.78 Å². The molecule has 2 aliphatic heterocycles. The molecule has 0 aromatic rings. The number of aliphatic hydroxyl groups is 2. The van der Waals surface area contributed by atoms with Gasteiger partial charge in [0.1, 0.15) is 11.5 Å². The van der Waals surface area contributed by atoms with Crippen LogP contribution in [-0.2, 0) is 23.9 Å². The van der Waals surface area contributed by atoms with Crippen LogP contribution < -0.4 is 5.32 Å². The summed E-state index contributed by atoms with van der Waals surface area (Å²) in [6.07, 6.45) is 7.54. The number of rotatable bonds is 2. The molecule has 0 radical (unpaired) electrons. The number of nitrogens with one attached hydrogen (secondary N) is 1. The lowest BCUT2D eigenvalue weighted by molar-refractivity contribution is -0.181. The van der Waals surface area contributed by atoms with Gasteiger partial charge in [-0.3, -0.25) is 19.2 Å². The number of amides is 1. The molecule has 1 aliphatic carbocycles. The molecule has 2 bridgehead atoms. The SMILES string of the molecule is CC(=O)C(=O)N[C@H]1/C=C(C)\C=C/[C@@H](O)C/C=C(C)\C=C/[C@@H](O)C[C@@H]2OC(=O)[C@]1(C)C(=O)[C@@H]2C. The maximum absolute atomic E-state index is 13.4. The number of aliphatic hydroxyl groups excluding tert-OH is 2. The molecule has 6 atom stereocenters. The zero-order chi connectivity index (χ0) is 24.9. The van der Waals surface area contributed by atoms with Gasteiger partial charge in [-0.1, -0.05) is 54.5 Å². The molecule has 0 spiro atoms. The molecule has 3 N–H and O–H groups in total. The molecular weight excluding hydrogens is 426 g/mol. The van der Waals surface area contributed by atoms with Gasteiger partial charge in [-0.15, -0.1) is 0 Å². The molecule has 2 heterocycles. The van der Waals surface area contributed by atoms with E-state index in [-0.39, 0.29) is 6.42 Å². The van der Waals surface area contributed by atoms with E-state index in [0.717, 1.165) is 12.5 Å². The van der Waals surface area contributed by atoms with Gasteiger partial charge in [-0.25, -0.2) is 0 Å². The van der Waals surface area contributed by atoms with Crippen molar-refractivity contribution in [2.45, 2.75) is 71.8 Å². The fraction of sp³-hybridized carbons (Fsp3) is 0.520. The van der Waals surface area contributed by atoms with E-state index in [2.05, 4.69) is 5.32 Å². The highest BCUT2D eigenvalue weighted by atomic mass is 16.5. The van der Waals surface area contributed by atoms with E-state index in [0.29, 0.717) is 12.0 Å². The number of carbonyl (C=O) groups is 4. The van der Waals surface area contributed by atoms with E-state index in [1.165, 1.54) is 13.0 Å². The lowest BCUT2D eigenvalue weighted by Gasteiger charge is -2.42. The van der Waals surface area contributed by atoms with Crippen LogP contribution in [0.1, 0.15) is 47.5 Å². The number of ether oxygens (including phenoxy) is 1. The number of hydrogen-bond acceptors (Lipinski definition) is 7. The zero-order valence-electron chi connectivity index (χ0n) is 19.7. The first kappa shape index (κ1) is 26.4. The molecule has 3 aliphatic rings. The third-order valence-corrected chi connectivity index (χ3v) is 6.14. The van der Waals surface area contributed by atoms with Gasteiger partial charge in [-0.05, 0) is 27.2 Å². The van der Waals surface area contributed by atoms with Gasteiger partial charge in [-0.2, -0.15) is 0 Å². The Morgan fingerprint density at radius 1 is 1.09 bits per heavy atom. The summed E-state index contributed by atoms with van der Waals surface area (Å²) in [5.74, 6) is -3.74. The minimum absolute atomic E-state index is 0.0298. The van der Waals surface area contributed by atoms with E-state index < -0.39 is 59.1 Å². The standard InChI is InChI=1S/C25H33NO7/c1-14-6-9-18(28)10-8-15(2)12-21(26-23(31)17(4)27)25(5)22(30)16(3)20(33-24(25)32)13-19(29)11-7-14/h6-8,10-12,16,18-21,28-29H,9,13H2,1-5H3,(H,26,31)/b10-8-,11-7-,14-6-,15-12-/t16-,18+,19-,20+,21+,25+/m1/s1. The Balaban J connectivity index is 2.57. The minimum atomic E-state index is -1.78. The third-order valence-electron chi connectivity index (χ3n) is 6.14. The maximum Gasteiger partial charge on any atom is 0.322 e. The van der Waals surface area contributed by atoms with Gasteiger partial charge >= 0.3 is 5.97 Å². The zero-order valence-corrected chi connectivity index (χ0v) is 19.7. The smallest absolute Gasteiger partial charge is 0.322 e. The van der Waals surface area contributed by atoms with Crippen molar-refractivity contribution >= 4 is 23.4 Å². The lowest BCUT2D eigenvalue weighted by atomic mass is 9.69. The second-order valence-corrected chi connectivity index (χ2v) is 8.99. The largest absolute Gasteiger partial charge is 0.461 e. The summed E-state index contributed by atoms with van der Waals surface area (Å²) >= 11 is 0. The molecule has 0 aromatic heterocycles. The predicted octanol–water partition coefficient (Wildman–Crippen LogP) is 1.72. The molecule has 33 heavy (non-hydrogen) atoms. The fourth-order valence-electron chi connectivity index (χ4n) is 3.85. The molecule has 3 rings (SSSR count). The molecule has 0 saturated carbocycles. The quantitative estimate of drug-likeness (QED) is 0.326. The summed E-state index contributed by atoms with van der Waals surface area (Å²) in [5, 5.41) is 23.1. The average molecular weight is 460 g/mol. The van der Waals surface area contributed by atoms with Crippen molar-refractivity contribution in [1.29, 1.82) is 0 Å². The van der Waals surface area contributed by atoms with Crippen LogP contribution in [0.2, 0.25) is 0 Å². The van der Waals surface area contributed by atoms with Crippen molar-refractivity contribution in [3.8, 4) is 0 Å². The molecule has 1 fully saturated rings. The Hall–Kier alpha value is -2.84. The van der Waals surface area contributed by atoms with Gasteiger partial charge in [0.2, 0.25) is 5.78 Å². The Kier molecular flexibility index (Phi) is 8.69. The van der Waals surface area contributed by atoms with Crippen LogP contribution in [0.5, 0.6) is 0 Å². The summed E-state index contributed by atoms with van der Waals surface area (Å²) in [5.41, 5.74) is -0.371. The van der Waals surface area contributed by atoms with E-state index in [1.807, 2.05) is 13.0 Å². The van der Waals surface area contributed by atoms with Crippen LogP contribution >= 0.6 is 0 Å². The van der Waals surface area contributed by atoms with E-state index >= 15 is 0 Å². The summed E-state index contributed by atoms with van der Waals surface area (Å²) in [6.45, 7) is 7.62. The van der Waals surface area contributed by atoms with Gasteiger partial charge in [0.05, 0.1) is 24.2 Å². The highest BCUT2D eigenvalue weighted by molar-refractivity contribution is 6.35. The van der Waals surface area contributed by atoms with Gasteiger partial charge in [0.25, 0.3) is 5.91 Å². The van der Waals surface area contributed by atoms with Crippen molar-refractivity contribution < 1.29 is 34.1 Å². The van der Waals surface area contributed by atoms with Crippen LogP contribution in [0.15, 0.2) is 47.6 Å². The molecule has 1 amide bonds. The highest BCUT2D eigenvalue weighted by Gasteiger charge is 2.56. The van der Waals surface area contributed by atoms with Crippen molar-refractivity contribution in [2.75, 3.05) is 0 Å². The molecular formula is C25H33NO7. The van der Waals surface area contributed by atoms with Crippen molar-refractivity contribution in [3.05, 3.63) is 47.6 Å². The number of esters is 1. The second-order valence-electron chi connectivity index (χ2n) is 8.99. The number of fused-ring (bicyclic) bond motifs is 10. The molecule has 0 unspecified atom stereocenters. The number of Topliss-reactive ketones (excluding diaryl/α,β-unsaturated/α-hetero) is 2. The third kappa shape index (κ3) is 6.36. The summed E-state index contributed by atoms with van der Waals surface area (Å²) < 4.78 is 5.59. The normalized spacial score (nSPS) is 38.7. The maximum atomic E-state index is 13.4. The Morgan fingerprint density at radius 2 is 1.70 bits per heavy atom. The summed E-state index contributed by atoms with van der Waals surface area (Å²) in [7, 11) is 0. The first-order chi connectivity index (χ1) is 15.4. The van der Waals surface area contributed by atoms with Crippen LogP contribution in [0, 0.1) is 11.3 Å². The van der Waals surface area contributed by atoms with E-state index in [1.54, 1.807) is 38.2 Å². The predicted molar refractivity (Wildman–Crippen MR) is 122 cm³/mol. The van der Waals surface area contributed by atoms with Crippen LogP contribution in [0.4, 0.5) is 0 Å². The Morgan fingerprint density at radius 3 is 2.33 bits per heavy atom. The molecule has 1 saturated heterocycles. The second kappa shape index (κ2) is 10.9. The first-order valence-electron chi connectivity index (χ1n) is 11.0. The lowest BCUT2D eigenvalue weighted by Crippen LogP contribution is -2.61. The van der Waals surface area contributed by atoms with Crippen LogP contribution in [0.25, 0.3) is 0 Å². The number of ketones is 2. The van der Waals surface area contributed by atoms with E-state index in [4.69, 9.17) is 4.74 Å². The summed E-state index contributed by atoms with van der Waals surface area (Å²) in [4.78, 5) is 50.3. The highest BCUT2D eigenvalue weighted by Crippen LogP contribution is 2.38. The minimum Gasteiger partial charge on any atom is -0.461 e. The number of allylic oxidation sites excluding steroid dienone is 4. The molecule has 180 valence electrons. The summed E-state index contributed by atoms with van der Waals surface area (Å²) in [6, 6.07) is -1.15. The Bertz CT molecular complexity index is 929. The fourth-order valence-corrected chi connectivity index (χ4v) is 3.85.